The molecule has 1 aliphatic rings. The molecule has 1 aliphatic carbocycles. The summed E-state index contributed by atoms with van der Waals surface area (Å²) in [6.45, 7) is 8.30. The van der Waals surface area contributed by atoms with Gasteiger partial charge in [-0.15, -0.1) is 0 Å². The number of halogens is 1. The molecular formula is C28H26FNO. The van der Waals surface area contributed by atoms with Crippen molar-refractivity contribution < 1.29 is 9.60 Å². The number of allylic oxidation sites excluding steroid dienone is 2. The van der Waals surface area contributed by atoms with Gasteiger partial charge in [0.15, 0.2) is 0 Å². The third kappa shape index (κ3) is 4.09. The lowest BCUT2D eigenvalue weighted by Crippen LogP contribution is -2.12. The van der Waals surface area contributed by atoms with Crippen LogP contribution in [-0.4, -0.2) is 10.9 Å². The zero-order valence-corrected chi connectivity index (χ0v) is 18.3. The number of aryl methyl sites for hydroxylation is 2. The third-order valence-electron chi connectivity index (χ3n) is 5.85. The van der Waals surface area contributed by atoms with Gasteiger partial charge >= 0.3 is 0 Å². The Hall–Kier alpha value is -3.46. The summed E-state index contributed by atoms with van der Waals surface area (Å²) in [6, 6.07) is 19.7. The summed E-state index contributed by atoms with van der Waals surface area (Å²) in [5.41, 5.74) is 8.35. The Morgan fingerprint density at radius 1 is 0.935 bits per heavy atom. The Morgan fingerprint density at radius 3 is 2.32 bits per heavy atom. The topological polar surface area (TPSA) is 32.6 Å². The van der Waals surface area contributed by atoms with E-state index in [-0.39, 0.29) is 11.2 Å². The summed E-state index contributed by atoms with van der Waals surface area (Å²) in [6.07, 6.45) is 5.57. The predicted molar refractivity (Wildman–Crippen MR) is 126 cm³/mol. The number of fused-ring (bicyclic) bond motifs is 1. The number of oxime groups is 1. The molecule has 0 radical (unpaired) electrons. The molecule has 156 valence electrons. The van der Waals surface area contributed by atoms with Crippen LogP contribution in [0.4, 0.5) is 4.39 Å². The second-order valence-electron chi connectivity index (χ2n) is 8.75. The van der Waals surface area contributed by atoms with Crippen LogP contribution < -0.4 is 0 Å². The van der Waals surface area contributed by atoms with Crippen molar-refractivity contribution in [2.24, 2.45) is 5.16 Å². The molecule has 1 N–H and O–H groups in total. The van der Waals surface area contributed by atoms with E-state index >= 15 is 0 Å². The highest BCUT2D eigenvalue weighted by Crippen LogP contribution is 2.43. The Balaban J connectivity index is 1.69. The number of hydrogen-bond acceptors (Lipinski definition) is 2. The second kappa shape index (κ2) is 7.99. The molecule has 3 aromatic carbocycles. The summed E-state index contributed by atoms with van der Waals surface area (Å²) in [5, 5.41) is 13.1. The van der Waals surface area contributed by atoms with Crippen molar-refractivity contribution in [2.75, 3.05) is 0 Å². The summed E-state index contributed by atoms with van der Waals surface area (Å²) in [5.74, 6) is -0.296. The minimum Gasteiger partial charge on any atom is -0.410 e. The van der Waals surface area contributed by atoms with E-state index in [1.54, 1.807) is 18.2 Å². The van der Waals surface area contributed by atoms with Gasteiger partial charge in [-0.3, -0.25) is 0 Å². The first-order valence-electron chi connectivity index (χ1n) is 10.4. The maximum absolute atomic E-state index is 14.2. The van der Waals surface area contributed by atoms with E-state index < -0.39 is 0 Å². The van der Waals surface area contributed by atoms with E-state index in [9.17, 15) is 9.60 Å². The van der Waals surface area contributed by atoms with Crippen molar-refractivity contribution >= 4 is 17.4 Å². The minimum absolute atomic E-state index is 0.154. The number of rotatable bonds is 4. The zero-order chi connectivity index (χ0) is 22.2. The molecule has 0 atom stereocenters. The fourth-order valence-corrected chi connectivity index (χ4v) is 4.08. The summed E-state index contributed by atoms with van der Waals surface area (Å²) in [7, 11) is 0. The van der Waals surface area contributed by atoms with E-state index in [4.69, 9.17) is 0 Å². The van der Waals surface area contributed by atoms with Gasteiger partial charge in [-0.2, -0.15) is 0 Å². The lowest BCUT2D eigenvalue weighted by molar-refractivity contribution is 0.320. The van der Waals surface area contributed by atoms with Crippen LogP contribution in [0.1, 0.15) is 52.8 Å². The molecule has 0 heterocycles. The normalized spacial score (nSPS) is 15.3. The van der Waals surface area contributed by atoms with Crippen molar-refractivity contribution in [3.63, 3.8) is 0 Å². The van der Waals surface area contributed by atoms with Crippen LogP contribution >= 0.6 is 0 Å². The number of hydrogen-bond donors (Lipinski definition) is 1. The molecule has 0 aromatic heterocycles. The third-order valence-corrected chi connectivity index (χ3v) is 5.85. The smallest absolute Gasteiger partial charge is 0.130 e. The van der Waals surface area contributed by atoms with Crippen LogP contribution in [0.2, 0.25) is 0 Å². The fraction of sp³-hybridized carbons (Fsp3) is 0.179. The second-order valence-corrected chi connectivity index (χ2v) is 8.75. The maximum Gasteiger partial charge on any atom is 0.130 e. The quantitative estimate of drug-likeness (QED) is 0.278. The van der Waals surface area contributed by atoms with Crippen molar-refractivity contribution in [1.82, 2.24) is 0 Å². The molecule has 0 spiro atoms. The zero-order valence-electron chi connectivity index (χ0n) is 18.3. The van der Waals surface area contributed by atoms with Crippen LogP contribution in [0.15, 0.2) is 78.0 Å². The van der Waals surface area contributed by atoms with E-state index in [2.05, 4.69) is 68.4 Å². The average Bonchev–Trinajstić information content (AvgIpc) is 3.01. The first kappa shape index (κ1) is 20.8. The van der Waals surface area contributed by atoms with Crippen LogP contribution in [-0.2, 0) is 5.41 Å². The first-order chi connectivity index (χ1) is 14.8. The highest BCUT2D eigenvalue weighted by atomic mass is 19.1. The van der Waals surface area contributed by atoms with Gasteiger partial charge in [0.1, 0.15) is 11.5 Å². The molecule has 0 fully saturated rings. The van der Waals surface area contributed by atoms with Gasteiger partial charge in [-0.25, -0.2) is 4.39 Å². The van der Waals surface area contributed by atoms with Gasteiger partial charge in [0.25, 0.3) is 0 Å². The molecule has 0 amide bonds. The van der Waals surface area contributed by atoms with Crippen LogP contribution in [0, 0.1) is 19.7 Å². The van der Waals surface area contributed by atoms with E-state index in [0.717, 1.165) is 11.1 Å². The van der Waals surface area contributed by atoms with Gasteiger partial charge in [0.2, 0.25) is 0 Å². The number of benzene rings is 3. The Labute approximate surface area is 183 Å². The SMILES string of the molecule is Cc1ccc(C2=CC(C)(C)c3cc(C(/C=C/c4ccc(C)cc4F)=N/O)ccc32)cc1. The van der Waals surface area contributed by atoms with Gasteiger partial charge in [0, 0.05) is 16.5 Å². The van der Waals surface area contributed by atoms with Crippen LogP contribution in [0.5, 0.6) is 0 Å². The average molecular weight is 412 g/mol. The minimum atomic E-state index is -0.296. The Morgan fingerprint density at radius 2 is 1.65 bits per heavy atom. The lowest BCUT2D eigenvalue weighted by atomic mass is 9.85. The van der Waals surface area contributed by atoms with Crippen LogP contribution in [0.25, 0.3) is 11.6 Å². The van der Waals surface area contributed by atoms with Gasteiger partial charge < -0.3 is 5.21 Å². The number of nitrogens with zero attached hydrogens (tertiary/aromatic N) is 1. The van der Waals surface area contributed by atoms with Crippen molar-refractivity contribution in [2.45, 2.75) is 33.1 Å². The Kier molecular flexibility index (Phi) is 5.36. The van der Waals surface area contributed by atoms with Crippen molar-refractivity contribution in [3.05, 3.63) is 118 Å². The highest BCUT2D eigenvalue weighted by Gasteiger charge is 2.30. The largest absolute Gasteiger partial charge is 0.410 e. The Bertz CT molecular complexity index is 1230. The molecule has 3 heteroatoms. The maximum atomic E-state index is 14.2. The first-order valence-corrected chi connectivity index (χ1v) is 10.4. The molecule has 0 saturated carbocycles. The lowest BCUT2D eigenvalue weighted by Gasteiger charge is -2.18. The molecule has 0 saturated heterocycles. The van der Waals surface area contributed by atoms with Crippen LogP contribution in [0.3, 0.4) is 0 Å². The molecule has 31 heavy (non-hydrogen) atoms. The molecule has 4 rings (SSSR count). The molecule has 0 unspecified atom stereocenters. The molecule has 3 aromatic rings. The predicted octanol–water partition coefficient (Wildman–Crippen LogP) is 7.06. The summed E-state index contributed by atoms with van der Waals surface area (Å²) >= 11 is 0. The van der Waals surface area contributed by atoms with E-state index in [0.29, 0.717) is 11.3 Å². The van der Waals surface area contributed by atoms with Crippen molar-refractivity contribution in [3.8, 4) is 0 Å². The van der Waals surface area contributed by atoms with E-state index in [1.165, 1.54) is 33.9 Å². The molecule has 0 aliphatic heterocycles. The van der Waals surface area contributed by atoms with Crippen molar-refractivity contribution in [1.29, 1.82) is 0 Å². The van der Waals surface area contributed by atoms with Gasteiger partial charge in [0.05, 0.1) is 0 Å². The summed E-state index contributed by atoms with van der Waals surface area (Å²) in [4.78, 5) is 0. The van der Waals surface area contributed by atoms with Gasteiger partial charge in [-0.1, -0.05) is 79.2 Å². The standard InChI is InChI=1S/C28H26FNO/c1-18-5-8-20(9-6-18)24-17-28(3,4)25-16-22(11-13-23(24)25)27(30-31)14-12-21-10-7-19(2)15-26(21)29/h5-17,31H,1-4H3/b14-12+,30-27+. The van der Waals surface area contributed by atoms with E-state index in [1.807, 2.05) is 19.1 Å². The molecular weight excluding hydrogens is 385 g/mol. The van der Waals surface area contributed by atoms with Gasteiger partial charge in [-0.05, 0) is 66.0 Å². The highest BCUT2D eigenvalue weighted by molar-refractivity contribution is 6.11. The molecule has 2 nitrogen and oxygen atoms in total. The summed E-state index contributed by atoms with van der Waals surface area (Å²) < 4.78 is 14.2. The molecule has 0 bridgehead atoms. The monoisotopic (exact) mass is 411 g/mol. The fourth-order valence-electron chi connectivity index (χ4n) is 4.08.